The first-order valence-electron chi connectivity index (χ1n) is 4.64. The lowest BCUT2D eigenvalue weighted by atomic mass is 10.3. The SMILES string of the molecule is COC(=O)[C@H](Cl)N(C(C)=O)c1ccccc1. The molecule has 0 aliphatic carbocycles. The summed E-state index contributed by atoms with van der Waals surface area (Å²) in [5.41, 5.74) is -0.592. The van der Waals surface area contributed by atoms with E-state index in [1.165, 1.54) is 18.9 Å². The minimum atomic E-state index is -1.15. The molecule has 5 heteroatoms. The number of para-hydroxylation sites is 1. The third-order valence-corrected chi connectivity index (χ3v) is 2.37. The van der Waals surface area contributed by atoms with Crippen LogP contribution in [0.2, 0.25) is 0 Å². The van der Waals surface area contributed by atoms with Crippen molar-refractivity contribution in [3.63, 3.8) is 0 Å². The molecule has 0 unspecified atom stereocenters. The van der Waals surface area contributed by atoms with Crippen molar-refractivity contribution < 1.29 is 14.3 Å². The van der Waals surface area contributed by atoms with E-state index in [4.69, 9.17) is 11.6 Å². The molecular weight excluding hydrogens is 230 g/mol. The highest BCUT2D eigenvalue weighted by molar-refractivity contribution is 6.33. The van der Waals surface area contributed by atoms with Crippen molar-refractivity contribution in [1.82, 2.24) is 0 Å². The van der Waals surface area contributed by atoms with Gasteiger partial charge in [-0.05, 0) is 12.1 Å². The van der Waals surface area contributed by atoms with Crippen LogP contribution in [0, 0.1) is 0 Å². The van der Waals surface area contributed by atoms with Gasteiger partial charge in [0.25, 0.3) is 0 Å². The molecule has 0 N–H and O–H groups in total. The molecule has 0 fully saturated rings. The van der Waals surface area contributed by atoms with E-state index in [9.17, 15) is 9.59 Å². The van der Waals surface area contributed by atoms with Crippen LogP contribution in [0.25, 0.3) is 0 Å². The van der Waals surface area contributed by atoms with Gasteiger partial charge in [-0.2, -0.15) is 0 Å². The number of alkyl halides is 1. The molecule has 0 aliphatic heterocycles. The topological polar surface area (TPSA) is 46.6 Å². The Bertz CT molecular complexity index is 380. The summed E-state index contributed by atoms with van der Waals surface area (Å²) in [6.07, 6.45) is 0. The Hall–Kier alpha value is -1.55. The van der Waals surface area contributed by atoms with Crippen LogP contribution in [-0.4, -0.2) is 24.5 Å². The summed E-state index contributed by atoms with van der Waals surface area (Å²) in [6.45, 7) is 1.34. The van der Waals surface area contributed by atoms with E-state index in [2.05, 4.69) is 4.74 Å². The second kappa shape index (κ2) is 5.51. The molecule has 0 heterocycles. The molecule has 1 amide bonds. The number of halogens is 1. The minimum Gasteiger partial charge on any atom is -0.467 e. The molecule has 1 aromatic carbocycles. The maximum absolute atomic E-state index is 11.4. The number of nitrogens with zero attached hydrogens (tertiary/aromatic N) is 1. The van der Waals surface area contributed by atoms with Crippen molar-refractivity contribution in [2.75, 3.05) is 12.0 Å². The number of hydrogen-bond donors (Lipinski definition) is 0. The molecule has 1 atom stereocenters. The Morgan fingerprint density at radius 1 is 1.31 bits per heavy atom. The molecule has 1 aromatic rings. The second-order valence-corrected chi connectivity index (χ2v) is 3.50. The maximum Gasteiger partial charge on any atom is 0.344 e. The Balaban J connectivity index is 3.01. The van der Waals surface area contributed by atoms with Gasteiger partial charge in [-0.1, -0.05) is 29.8 Å². The molecule has 0 aromatic heterocycles. The number of hydrogen-bond acceptors (Lipinski definition) is 3. The van der Waals surface area contributed by atoms with Gasteiger partial charge in [-0.15, -0.1) is 0 Å². The van der Waals surface area contributed by atoms with Gasteiger partial charge in [-0.25, -0.2) is 4.79 Å². The van der Waals surface area contributed by atoms with E-state index in [1.807, 2.05) is 6.07 Å². The monoisotopic (exact) mass is 241 g/mol. The predicted octanol–water partition coefficient (Wildman–Crippen LogP) is 1.78. The lowest BCUT2D eigenvalue weighted by Gasteiger charge is -2.24. The Morgan fingerprint density at radius 3 is 2.31 bits per heavy atom. The first-order valence-corrected chi connectivity index (χ1v) is 5.08. The largest absolute Gasteiger partial charge is 0.467 e. The van der Waals surface area contributed by atoms with Crippen LogP contribution in [0.1, 0.15) is 6.92 Å². The number of rotatable bonds is 3. The highest BCUT2D eigenvalue weighted by Crippen LogP contribution is 2.19. The smallest absolute Gasteiger partial charge is 0.344 e. The summed E-state index contributed by atoms with van der Waals surface area (Å²) >= 11 is 5.86. The standard InChI is InChI=1S/C11H12ClNO3/c1-8(14)13(10(12)11(15)16-2)9-6-4-3-5-7-9/h3-7,10H,1-2H3/t10-/m1/s1. The average molecular weight is 242 g/mol. The number of esters is 1. The van der Waals surface area contributed by atoms with Crippen LogP contribution in [0.4, 0.5) is 5.69 Å². The van der Waals surface area contributed by atoms with Crippen molar-refractivity contribution >= 4 is 29.2 Å². The summed E-state index contributed by atoms with van der Waals surface area (Å²) in [6, 6.07) is 8.71. The zero-order valence-electron chi connectivity index (χ0n) is 9.01. The quantitative estimate of drug-likeness (QED) is 0.460. The summed E-state index contributed by atoms with van der Waals surface area (Å²) < 4.78 is 4.50. The van der Waals surface area contributed by atoms with Gasteiger partial charge < -0.3 is 4.74 Å². The van der Waals surface area contributed by atoms with Crippen molar-refractivity contribution in [3.8, 4) is 0 Å². The number of carbonyl (C=O) groups excluding carboxylic acids is 2. The summed E-state index contributed by atoms with van der Waals surface area (Å²) in [5, 5.41) is 0. The van der Waals surface area contributed by atoms with Crippen LogP contribution >= 0.6 is 11.6 Å². The van der Waals surface area contributed by atoms with Crippen LogP contribution in [0.15, 0.2) is 30.3 Å². The van der Waals surface area contributed by atoms with Crippen molar-refractivity contribution in [3.05, 3.63) is 30.3 Å². The Kier molecular flexibility index (Phi) is 4.31. The lowest BCUT2D eigenvalue weighted by Crippen LogP contribution is -2.41. The molecule has 0 spiro atoms. The van der Waals surface area contributed by atoms with E-state index in [1.54, 1.807) is 24.3 Å². The van der Waals surface area contributed by atoms with Crippen LogP contribution in [-0.2, 0) is 14.3 Å². The maximum atomic E-state index is 11.4. The zero-order chi connectivity index (χ0) is 12.1. The van der Waals surface area contributed by atoms with Gasteiger partial charge >= 0.3 is 5.97 Å². The molecule has 4 nitrogen and oxygen atoms in total. The third-order valence-electron chi connectivity index (χ3n) is 2.00. The molecule has 0 bridgehead atoms. The zero-order valence-corrected chi connectivity index (χ0v) is 9.77. The number of methoxy groups -OCH3 is 1. The van der Waals surface area contributed by atoms with Gasteiger partial charge in [0.1, 0.15) is 0 Å². The predicted molar refractivity (Wildman–Crippen MR) is 61.3 cm³/mol. The minimum absolute atomic E-state index is 0.323. The van der Waals surface area contributed by atoms with E-state index in [0.29, 0.717) is 5.69 Å². The molecule has 86 valence electrons. The van der Waals surface area contributed by atoms with Crippen molar-refractivity contribution in [1.29, 1.82) is 0 Å². The number of amides is 1. The van der Waals surface area contributed by atoms with Gasteiger partial charge in [0.2, 0.25) is 11.4 Å². The normalized spacial score (nSPS) is 11.7. The van der Waals surface area contributed by atoms with Crippen LogP contribution in [0.3, 0.4) is 0 Å². The molecular formula is C11H12ClNO3. The second-order valence-electron chi connectivity index (χ2n) is 3.08. The summed E-state index contributed by atoms with van der Waals surface area (Å²) in [5.74, 6) is -0.989. The fraction of sp³-hybridized carbons (Fsp3) is 0.273. The molecule has 0 radical (unpaired) electrons. The fourth-order valence-corrected chi connectivity index (χ4v) is 1.60. The Morgan fingerprint density at radius 2 is 1.88 bits per heavy atom. The van der Waals surface area contributed by atoms with Gasteiger partial charge in [0.15, 0.2) is 0 Å². The third kappa shape index (κ3) is 2.73. The molecule has 1 rings (SSSR count). The van der Waals surface area contributed by atoms with E-state index in [-0.39, 0.29) is 5.91 Å². The van der Waals surface area contributed by atoms with Crippen LogP contribution < -0.4 is 4.90 Å². The number of benzene rings is 1. The first kappa shape index (κ1) is 12.5. The van der Waals surface area contributed by atoms with Crippen molar-refractivity contribution in [2.45, 2.75) is 12.4 Å². The van der Waals surface area contributed by atoms with Gasteiger partial charge in [0.05, 0.1) is 7.11 Å². The molecule has 0 saturated carbocycles. The molecule has 0 aliphatic rings. The first-order chi connectivity index (χ1) is 7.57. The number of anilines is 1. The number of carbonyl (C=O) groups is 2. The van der Waals surface area contributed by atoms with Crippen molar-refractivity contribution in [2.24, 2.45) is 0 Å². The average Bonchev–Trinajstić information content (AvgIpc) is 2.29. The fourth-order valence-electron chi connectivity index (χ4n) is 1.26. The lowest BCUT2D eigenvalue weighted by molar-refractivity contribution is -0.141. The van der Waals surface area contributed by atoms with Gasteiger partial charge in [-0.3, -0.25) is 9.69 Å². The molecule has 0 saturated heterocycles. The number of ether oxygens (including phenoxy) is 1. The molecule has 16 heavy (non-hydrogen) atoms. The highest BCUT2D eigenvalue weighted by atomic mass is 35.5. The summed E-state index contributed by atoms with van der Waals surface area (Å²) in [4.78, 5) is 23.9. The van der Waals surface area contributed by atoms with E-state index in [0.717, 1.165) is 0 Å². The Labute approximate surface area is 98.8 Å². The van der Waals surface area contributed by atoms with Crippen LogP contribution in [0.5, 0.6) is 0 Å². The summed E-state index contributed by atoms with van der Waals surface area (Å²) in [7, 11) is 1.22. The van der Waals surface area contributed by atoms with Gasteiger partial charge in [0, 0.05) is 12.6 Å². The van der Waals surface area contributed by atoms with E-state index < -0.39 is 11.5 Å². The highest BCUT2D eigenvalue weighted by Gasteiger charge is 2.27. The van der Waals surface area contributed by atoms with E-state index >= 15 is 0 Å².